The van der Waals surface area contributed by atoms with E-state index in [1.54, 1.807) is 24.3 Å². The fourth-order valence-corrected chi connectivity index (χ4v) is 4.94. The number of alkyl halides is 3. The Morgan fingerprint density at radius 1 is 1.14 bits per heavy atom. The van der Waals surface area contributed by atoms with E-state index in [0.29, 0.717) is 27.8 Å². The quantitative estimate of drug-likeness (QED) is 0.221. The van der Waals surface area contributed by atoms with E-state index in [0.717, 1.165) is 37.8 Å². The second-order valence-corrected chi connectivity index (χ2v) is 11.9. The van der Waals surface area contributed by atoms with Crippen LogP contribution in [0.3, 0.4) is 0 Å². The summed E-state index contributed by atoms with van der Waals surface area (Å²) >= 11 is 6.65. The minimum atomic E-state index is -4.46. The molecule has 1 aliphatic carbocycles. The van der Waals surface area contributed by atoms with Crippen LogP contribution < -0.4 is 10.6 Å². The van der Waals surface area contributed by atoms with E-state index in [9.17, 15) is 23.7 Å². The number of fused-ring (bicyclic) bond motifs is 1. The first-order valence-electron chi connectivity index (χ1n) is 13.3. The fourth-order valence-electron chi connectivity index (χ4n) is 4.68. The van der Waals surface area contributed by atoms with Gasteiger partial charge in [0.2, 0.25) is 0 Å². The third-order valence-electron chi connectivity index (χ3n) is 7.97. The van der Waals surface area contributed by atoms with Gasteiger partial charge < -0.3 is 10.6 Å². The normalized spacial score (nSPS) is 15.1. The van der Waals surface area contributed by atoms with Crippen LogP contribution in [0.25, 0.3) is 10.9 Å². The first-order chi connectivity index (χ1) is 19.8. The van der Waals surface area contributed by atoms with E-state index in [1.807, 2.05) is 29.9 Å². The largest absolute Gasteiger partial charge is 0.395 e. The van der Waals surface area contributed by atoms with Gasteiger partial charge in [-0.15, -0.1) is 5.10 Å². The summed E-state index contributed by atoms with van der Waals surface area (Å²) in [6.07, 6.45) is 0.699. The van der Waals surface area contributed by atoms with Gasteiger partial charge in [-0.05, 0) is 69.9 Å². The van der Waals surface area contributed by atoms with Gasteiger partial charge in [-0.1, -0.05) is 28.9 Å². The van der Waals surface area contributed by atoms with Gasteiger partial charge in [0.15, 0.2) is 0 Å². The first kappa shape index (κ1) is 29.2. The lowest BCUT2D eigenvalue weighted by Gasteiger charge is -2.28. The number of nitrogens with zero attached hydrogens (tertiary/aromatic N) is 6. The predicted octanol–water partition coefficient (Wildman–Crippen LogP) is 7.24. The molecule has 2 aromatic carbocycles. The standard InChI is InChI=1S/C30H28ClF3N8/c1-17-18(12-35)6-5-7-21(17)27(24-15-42(41-40-24)29(4)8-9-29)39-20-10-22-25(38-16-28(2,3)30(32,33)34)19(13-36)14-37-26(22)23(31)11-20/h5-7,10-11,14-15,27,39H,8-9,16H2,1-4H3,(H,37,38). The lowest BCUT2D eigenvalue weighted by atomic mass is 9.92. The molecule has 8 nitrogen and oxygen atoms in total. The molecule has 1 aliphatic rings. The molecule has 42 heavy (non-hydrogen) atoms. The summed E-state index contributed by atoms with van der Waals surface area (Å²) in [7, 11) is 0. The Morgan fingerprint density at radius 3 is 2.50 bits per heavy atom. The number of hydrogen-bond acceptors (Lipinski definition) is 7. The Hall–Kier alpha value is -4.35. The molecule has 0 spiro atoms. The molecule has 0 aliphatic heterocycles. The topological polar surface area (TPSA) is 115 Å². The van der Waals surface area contributed by atoms with E-state index in [4.69, 9.17) is 11.6 Å². The van der Waals surface area contributed by atoms with Crippen molar-refractivity contribution in [3.8, 4) is 12.1 Å². The van der Waals surface area contributed by atoms with Gasteiger partial charge in [-0.3, -0.25) is 4.98 Å². The zero-order valence-corrected chi connectivity index (χ0v) is 24.2. The number of pyridine rings is 1. The Kier molecular flexibility index (Phi) is 7.28. The van der Waals surface area contributed by atoms with Gasteiger partial charge in [0.25, 0.3) is 0 Å². The van der Waals surface area contributed by atoms with Crippen LogP contribution in [0.1, 0.15) is 67.6 Å². The summed E-state index contributed by atoms with van der Waals surface area (Å²) < 4.78 is 42.7. The number of benzene rings is 2. The number of halogens is 4. The molecule has 4 aromatic rings. The van der Waals surface area contributed by atoms with Crippen molar-refractivity contribution in [2.24, 2.45) is 5.41 Å². The van der Waals surface area contributed by atoms with Gasteiger partial charge in [0.05, 0.1) is 56.6 Å². The van der Waals surface area contributed by atoms with Crippen LogP contribution >= 0.6 is 11.6 Å². The number of anilines is 2. The molecular formula is C30H28ClF3N8. The van der Waals surface area contributed by atoms with Gasteiger partial charge in [0.1, 0.15) is 11.8 Å². The van der Waals surface area contributed by atoms with Crippen LogP contribution in [0.15, 0.2) is 42.7 Å². The molecule has 1 saturated carbocycles. The molecule has 1 unspecified atom stereocenters. The maximum atomic E-state index is 13.6. The van der Waals surface area contributed by atoms with Crippen LogP contribution in [0.5, 0.6) is 0 Å². The van der Waals surface area contributed by atoms with E-state index in [-0.39, 0.29) is 21.8 Å². The van der Waals surface area contributed by atoms with E-state index in [2.05, 4.69) is 38.9 Å². The molecule has 1 fully saturated rings. The van der Waals surface area contributed by atoms with Crippen molar-refractivity contribution in [1.29, 1.82) is 10.5 Å². The lowest BCUT2D eigenvalue weighted by molar-refractivity contribution is -0.206. The average Bonchev–Trinajstić information content (AvgIpc) is 3.48. The van der Waals surface area contributed by atoms with Gasteiger partial charge in [-0.25, -0.2) is 4.68 Å². The van der Waals surface area contributed by atoms with Gasteiger partial charge in [-0.2, -0.15) is 23.7 Å². The molecule has 2 heterocycles. The second kappa shape index (κ2) is 10.5. The highest BCUT2D eigenvalue weighted by Gasteiger charge is 2.47. The molecule has 0 saturated heterocycles. The van der Waals surface area contributed by atoms with E-state index < -0.39 is 24.2 Å². The fraction of sp³-hybridized carbons (Fsp3) is 0.367. The molecule has 0 radical (unpaired) electrons. The smallest absolute Gasteiger partial charge is 0.382 e. The van der Waals surface area contributed by atoms with Crippen LogP contribution in [0.2, 0.25) is 5.02 Å². The van der Waals surface area contributed by atoms with E-state index in [1.165, 1.54) is 6.20 Å². The molecule has 5 rings (SSSR count). The predicted molar refractivity (Wildman–Crippen MR) is 154 cm³/mol. The summed E-state index contributed by atoms with van der Waals surface area (Å²) in [4.78, 5) is 4.31. The molecule has 12 heteroatoms. The summed E-state index contributed by atoms with van der Waals surface area (Å²) in [5.41, 5.74) is 1.69. The maximum absolute atomic E-state index is 13.6. The number of nitriles is 2. The molecule has 2 N–H and O–H groups in total. The third-order valence-corrected chi connectivity index (χ3v) is 8.26. The molecular weight excluding hydrogens is 565 g/mol. The Labute approximate surface area is 246 Å². The molecule has 0 amide bonds. The zero-order valence-electron chi connectivity index (χ0n) is 23.4. The van der Waals surface area contributed by atoms with Crippen LogP contribution in [0.4, 0.5) is 24.5 Å². The molecule has 1 atom stereocenters. The minimum absolute atomic E-state index is 0.0865. The number of rotatable bonds is 8. The number of hydrogen-bond donors (Lipinski definition) is 2. The molecule has 216 valence electrons. The molecule has 2 aromatic heterocycles. The highest BCUT2D eigenvalue weighted by atomic mass is 35.5. The zero-order chi connectivity index (χ0) is 30.4. The Balaban J connectivity index is 1.61. The van der Waals surface area contributed by atoms with Crippen LogP contribution in [-0.2, 0) is 5.54 Å². The maximum Gasteiger partial charge on any atom is 0.395 e. The van der Waals surface area contributed by atoms with Crippen molar-refractivity contribution in [3.05, 3.63) is 75.7 Å². The first-order valence-corrected chi connectivity index (χ1v) is 13.7. The second-order valence-electron chi connectivity index (χ2n) is 11.5. The van der Waals surface area contributed by atoms with Gasteiger partial charge in [0, 0.05) is 23.8 Å². The summed E-state index contributed by atoms with van der Waals surface area (Å²) in [5.74, 6) is 0. The monoisotopic (exact) mass is 592 g/mol. The highest BCUT2D eigenvalue weighted by molar-refractivity contribution is 6.35. The Morgan fingerprint density at radius 2 is 1.86 bits per heavy atom. The summed E-state index contributed by atoms with van der Waals surface area (Å²) in [5, 5.41) is 35.2. The third kappa shape index (κ3) is 5.33. The van der Waals surface area contributed by atoms with E-state index >= 15 is 0 Å². The van der Waals surface area contributed by atoms with Crippen LogP contribution in [0, 0.1) is 35.0 Å². The van der Waals surface area contributed by atoms with Crippen molar-refractivity contribution in [2.45, 2.75) is 58.3 Å². The van der Waals surface area contributed by atoms with Gasteiger partial charge >= 0.3 is 6.18 Å². The van der Waals surface area contributed by atoms with Crippen molar-refractivity contribution in [3.63, 3.8) is 0 Å². The highest BCUT2D eigenvalue weighted by Crippen LogP contribution is 2.43. The Bertz CT molecular complexity index is 1760. The van der Waals surface area contributed by atoms with Crippen molar-refractivity contribution in [2.75, 3.05) is 17.2 Å². The van der Waals surface area contributed by atoms with Crippen molar-refractivity contribution < 1.29 is 13.2 Å². The number of nitrogens with one attached hydrogen (secondary N) is 2. The van der Waals surface area contributed by atoms with Crippen molar-refractivity contribution in [1.82, 2.24) is 20.0 Å². The van der Waals surface area contributed by atoms with Crippen molar-refractivity contribution >= 4 is 33.9 Å². The van der Waals surface area contributed by atoms with Crippen LogP contribution in [-0.4, -0.2) is 32.7 Å². The molecule has 0 bridgehead atoms. The SMILES string of the molecule is Cc1c(C#N)cccc1C(Nc1cc(Cl)c2ncc(C#N)c(NCC(C)(C)C(F)(F)F)c2c1)c1cn(C2(C)CC2)nn1. The summed E-state index contributed by atoms with van der Waals surface area (Å²) in [6.45, 7) is 5.67. The average molecular weight is 593 g/mol. The number of aromatic nitrogens is 4. The summed E-state index contributed by atoms with van der Waals surface area (Å²) in [6, 6.07) is 12.5. The lowest BCUT2D eigenvalue weighted by Crippen LogP contribution is -2.38. The minimum Gasteiger partial charge on any atom is -0.382 e.